The van der Waals surface area contributed by atoms with Gasteiger partial charge in [-0.15, -0.1) is 0 Å². The van der Waals surface area contributed by atoms with Gasteiger partial charge in [-0.25, -0.2) is 9.37 Å². The number of ether oxygens (including phenoxy) is 1. The first-order valence-electron chi connectivity index (χ1n) is 8.00. The second-order valence-electron chi connectivity index (χ2n) is 5.69. The van der Waals surface area contributed by atoms with Crippen molar-refractivity contribution in [3.8, 4) is 5.75 Å². The van der Waals surface area contributed by atoms with Gasteiger partial charge in [0.1, 0.15) is 17.4 Å². The molecule has 0 fully saturated rings. The Morgan fingerprint density at radius 2 is 1.88 bits per heavy atom. The highest BCUT2D eigenvalue weighted by atomic mass is 19.1. The topological polar surface area (TPSA) is 63.2 Å². The third kappa shape index (κ3) is 3.97. The SMILES string of the molecule is COc1ccc(C)cc1NC(=O)c1ccc(Nc2ccccc2F)nc1. The first-order chi connectivity index (χ1) is 12.6. The van der Waals surface area contributed by atoms with Crippen LogP contribution in [0.3, 0.4) is 0 Å². The summed E-state index contributed by atoms with van der Waals surface area (Å²) in [6, 6.07) is 15.1. The molecule has 0 atom stereocenters. The van der Waals surface area contributed by atoms with E-state index in [-0.39, 0.29) is 11.7 Å². The van der Waals surface area contributed by atoms with Crippen LogP contribution in [-0.2, 0) is 0 Å². The standard InChI is InChI=1S/C20H18FN3O2/c1-13-7-9-18(26-2)17(11-13)24-20(25)14-8-10-19(22-12-14)23-16-6-4-3-5-15(16)21/h3-12H,1-2H3,(H,22,23)(H,24,25). The van der Waals surface area contributed by atoms with Crippen LogP contribution in [0.5, 0.6) is 5.75 Å². The van der Waals surface area contributed by atoms with E-state index < -0.39 is 0 Å². The van der Waals surface area contributed by atoms with Crippen LogP contribution in [0.2, 0.25) is 0 Å². The van der Waals surface area contributed by atoms with E-state index in [1.807, 2.05) is 19.1 Å². The van der Waals surface area contributed by atoms with E-state index in [4.69, 9.17) is 4.74 Å². The number of pyridine rings is 1. The van der Waals surface area contributed by atoms with Gasteiger partial charge in [-0.1, -0.05) is 18.2 Å². The van der Waals surface area contributed by atoms with Gasteiger partial charge in [-0.3, -0.25) is 4.79 Å². The Hall–Kier alpha value is -3.41. The third-order valence-electron chi connectivity index (χ3n) is 3.77. The molecule has 5 nitrogen and oxygen atoms in total. The number of rotatable bonds is 5. The fraction of sp³-hybridized carbons (Fsp3) is 0.100. The van der Waals surface area contributed by atoms with Crippen LogP contribution in [0, 0.1) is 12.7 Å². The zero-order valence-electron chi connectivity index (χ0n) is 14.4. The maximum absolute atomic E-state index is 13.7. The van der Waals surface area contributed by atoms with Crippen molar-refractivity contribution in [2.24, 2.45) is 0 Å². The van der Waals surface area contributed by atoms with Gasteiger partial charge in [0.05, 0.1) is 24.0 Å². The maximum Gasteiger partial charge on any atom is 0.257 e. The molecule has 0 aliphatic heterocycles. The number of carbonyl (C=O) groups is 1. The number of hydrogen-bond acceptors (Lipinski definition) is 4. The van der Waals surface area contributed by atoms with E-state index in [1.54, 1.807) is 43.5 Å². The van der Waals surface area contributed by atoms with Gasteiger partial charge < -0.3 is 15.4 Å². The summed E-state index contributed by atoms with van der Waals surface area (Å²) < 4.78 is 18.9. The van der Waals surface area contributed by atoms with Crippen molar-refractivity contribution < 1.29 is 13.9 Å². The summed E-state index contributed by atoms with van der Waals surface area (Å²) in [5, 5.41) is 5.69. The van der Waals surface area contributed by atoms with E-state index in [1.165, 1.54) is 12.3 Å². The van der Waals surface area contributed by atoms with Crippen molar-refractivity contribution in [1.82, 2.24) is 4.98 Å². The minimum atomic E-state index is -0.373. The van der Waals surface area contributed by atoms with Crippen LogP contribution in [0.25, 0.3) is 0 Å². The molecule has 6 heteroatoms. The van der Waals surface area contributed by atoms with Crippen molar-refractivity contribution >= 4 is 23.1 Å². The van der Waals surface area contributed by atoms with E-state index in [2.05, 4.69) is 15.6 Å². The Kier molecular flexibility index (Phi) is 5.12. The molecule has 3 aromatic rings. The average molecular weight is 351 g/mol. The van der Waals surface area contributed by atoms with Gasteiger partial charge in [0.2, 0.25) is 0 Å². The highest BCUT2D eigenvalue weighted by Crippen LogP contribution is 2.26. The van der Waals surface area contributed by atoms with Crippen molar-refractivity contribution in [3.63, 3.8) is 0 Å². The lowest BCUT2D eigenvalue weighted by atomic mass is 10.2. The number of hydrogen-bond donors (Lipinski definition) is 2. The minimum Gasteiger partial charge on any atom is -0.495 e. The molecule has 0 radical (unpaired) electrons. The maximum atomic E-state index is 13.7. The predicted octanol–water partition coefficient (Wildman–Crippen LogP) is 4.53. The highest BCUT2D eigenvalue weighted by molar-refractivity contribution is 6.05. The normalized spacial score (nSPS) is 10.3. The lowest BCUT2D eigenvalue weighted by molar-refractivity contribution is 0.102. The monoisotopic (exact) mass is 351 g/mol. The lowest BCUT2D eigenvalue weighted by Gasteiger charge is -2.11. The molecule has 132 valence electrons. The second kappa shape index (κ2) is 7.65. The summed E-state index contributed by atoms with van der Waals surface area (Å²) in [5.41, 5.74) is 2.30. The minimum absolute atomic E-state index is 0.307. The Labute approximate surface area is 150 Å². The van der Waals surface area contributed by atoms with E-state index in [0.29, 0.717) is 28.5 Å². The molecular weight excluding hydrogens is 333 g/mol. The molecule has 1 amide bonds. The lowest BCUT2D eigenvalue weighted by Crippen LogP contribution is -2.13. The molecule has 0 saturated heterocycles. The number of carbonyl (C=O) groups excluding carboxylic acids is 1. The number of halogens is 1. The third-order valence-corrected chi connectivity index (χ3v) is 3.77. The summed E-state index contributed by atoms with van der Waals surface area (Å²) in [5.74, 6) is 0.344. The molecule has 0 saturated carbocycles. The summed E-state index contributed by atoms with van der Waals surface area (Å²) in [4.78, 5) is 16.6. The predicted molar refractivity (Wildman–Crippen MR) is 99.6 cm³/mol. The van der Waals surface area contributed by atoms with Gasteiger partial charge in [0.25, 0.3) is 5.91 Å². The summed E-state index contributed by atoms with van der Waals surface area (Å²) in [7, 11) is 1.55. The molecule has 1 aromatic heterocycles. The van der Waals surface area contributed by atoms with Crippen molar-refractivity contribution in [3.05, 3.63) is 77.7 Å². The number of methoxy groups -OCH3 is 1. The van der Waals surface area contributed by atoms with Crippen LogP contribution in [-0.4, -0.2) is 18.0 Å². The van der Waals surface area contributed by atoms with E-state index in [9.17, 15) is 9.18 Å². The van der Waals surface area contributed by atoms with Gasteiger partial charge in [0, 0.05) is 6.20 Å². The van der Waals surface area contributed by atoms with Crippen LogP contribution in [0.15, 0.2) is 60.8 Å². The molecule has 2 aromatic carbocycles. The van der Waals surface area contributed by atoms with Gasteiger partial charge in [-0.05, 0) is 48.9 Å². The smallest absolute Gasteiger partial charge is 0.257 e. The Bertz CT molecular complexity index is 927. The summed E-state index contributed by atoms with van der Waals surface area (Å²) >= 11 is 0. The van der Waals surface area contributed by atoms with Crippen molar-refractivity contribution in [2.75, 3.05) is 17.7 Å². The molecular formula is C20H18FN3O2. The number of benzene rings is 2. The number of aryl methyl sites for hydroxylation is 1. The van der Waals surface area contributed by atoms with Crippen molar-refractivity contribution in [2.45, 2.75) is 6.92 Å². The molecule has 0 bridgehead atoms. The molecule has 0 aliphatic rings. The van der Waals surface area contributed by atoms with Gasteiger partial charge in [0.15, 0.2) is 0 Å². The highest BCUT2D eigenvalue weighted by Gasteiger charge is 2.11. The number of nitrogens with one attached hydrogen (secondary N) is 2. The molecule has 0 unspecified atom stereocenters. The molecule has 26 heavy (non-hydrogen) atoms. The second-order valence-corrected chi connectivity index (χ2v) is 5.69. The number of anilines is 3. The Morgan fingerprint density at radius 3 is 2.58 bits per heavy atom. The zero-order chi connectivity index (χ0) is 18.5. The van der Waals surface area contributed by atoms with Gasteiger partial charge in [-0.2, -0.15) is 0 Å². The Balaban J connectivity index is 1.73. The Morgan fingerprint density at radius 1 is 1.08 bits per heavy atom. The van der Waals surface area contributed by atoms with Crippen molar-refractivity contribution in [1.29, 1.82) is 0 Å². The van der Waals surface area contributed by atoms with Crippen LogP contribution >= 0.6 is 0 Å². The van der Waals surface area contributed by atoms with Gasteiger partial charge >= 0.3 is 0 Å². The van der Waals surface area contributed by atoms with E-state index >= 15 is 0 Å². The zero-order valence-corrected chi connectivity index (χ0v) is 14.4. The largest absolute Gasteiger partial charge is 0.495 e. The van der Waals surface area contributed by atoms with Crippen LogP contribution < -0.4 is 15.4 Å². The average Bonchev–Trinajstić information content (AvgIpc) is 2.64. The molecule has 0 spiro atoms. The molecule has 1 heterocycles. The molecule has 2 N–H and O–H groups in total. The summed E-state index contributed by atoms with van der Waals surface area (Å²) in [6.45, 7) is 1.93. The first kappa shape index (κ1) is 17.4. The number of para-hydroxylation sites is 1. The van der Waals surface area contributed by atoms with Crippen LogP contribution in [0.1, 0.15) is 15.9 Å². The van der Waals surface area contributed by atoms with Crippen LogP contribution in [0.4, 0.5) is 21.6 Å². The first-order valence-corrected chi connectivity index (χ1v) is 8.00. The number of nitrogens with zero attached hydrogens (tertiary/aromatic N) is 1. The fourth-order valence-electron chi connectivity index (χ4n) is 2.42. The molecule has 0 aliphatic carbocycles. The summed E-state index contributed by atoms with van der Waals surface area (Å²) in [6.07, 6.45) is 1.43. The number of aromatic nitrogens is 1. The van der Waals surface area contributed by atoms with E-state index in [0.717, 1.165) is 5.56 Å². The quantitative estimate of drug-likeness (QED) is 0.709. The fourth-order valence-corrected chi connectivity index (χ4v) is 2.42. The molecule has 3 rings (SSSR count). The number of amides is 1.